The highest BCUT2D eigenvalue weighted by Gasteiger charge is 2.14. The lowest BCUT2D eigenvalue weighted by Crippen LogP contribution is -2.31. The standard InChI is InChI=1S/C19H15F2NO4/c1-11(15-6-4-13(20)8-16(15)21)22-18(23)10-25-14-5-2-12-3-7-19(24)26-17(12)9-14/h2-9,11H,10H2,1H3,(H,22,23)/t11-/m0/s1. The van der Waals surface area contributed by atoms with Gasteiger partial charge in [0, 0.05) is 29.1 Å². The van der Waals surface area contributed by atoms with Crippen molar-refractivity contribution < 1.29 is 22.7 Å². The predicted octanol–water partition coefficient (Wildman–Crippen LogP) is 3.33. The number of ether oxygens (including phenoxy) is 1. The van der Waals surface area contributed by atoms with Crippen molar-refractivity contribution in [2.75, 3.05) is 6.61 Å². The van der Waals surface area contributed by atoms with E-state index in [1.807, 2.05) is 0 Å². The fourth-order valence-corrected chi connectivity index (χ4v) is 2.49. The quantitative estimate of drug-likeness (QED) is 0.710. The Morgan fingerprint density at radius 3 is 2.69 bits per heavy atom. The molecule has 0 bridgehead atoms. The molecule has 1 heterocycles. The van der Waals surface area contributed by atoms with Crippen molar-refractivity contribution in [3.63, 3.8) is 0 Å². The first-order valence-electron chi connectivity index (χ1n) is 7.83. The van der Waals surface area contributed by atoms with Crippen LogP contribution in [-0.4, -0.2) is 12.5 Å². The second-order valence-electron chi connectivity index (χ2n) is 5.70. The Labute approximate surface area is 147 Å². The number of halogens is 2. The molecule has 0 spiro atoms. The molecule has 2 aromatic carbocycles. The van der Waals surface area contributed by atoms with Crippen molar-refractivity contribution >= 4 is 16.9 Å². The highest BCUT2D eigenvalue weighted by Crippen LogP contribution is 2.20. The van der Waals surface area contributed by atoms with Crippen molar-refractivity contribution in [2.45, 2.75) is 13.0 Å². The maximum absolute atomic E-state index is 13.7. The summed E-state index contributed by atoms with van der Waals surface area (Å²) >= 11 is 0. The van der Waals surface area contributed by atoms with Gasteiger partial charge in [0.2, 0.25) is 0 Å². The summed E-state index contributed by atoms with van der Waals surface area (Å²) in [4.78, 5) is 23.2. The average Bonchev–Trinajstić information content (AvgIpc) is 2.59. The van der Waals surface area contributed by atoms with Crippen molar-refractivity contribution in [1.29, 1.82) is 0 Å². The van der Waals surface area contributed by atoms with Crippen LogP contribution in [0, 0.1) is 11.6 Å². The van der Waals surface area contributed by atoms with E-state index in [4.69, 9.17) is 9.15 Å². The first-order valence-corrected chi connectivity index (χ1v) is 7.83. The number of rotatable bonds is 5. The van der Waals surface area contributed by atoms with Crippen LogP contribution in [0.5, 0.6) is 5.75 Å². The Balaban J connectivity index is 1.62. The number of amides is 1. The Morgan fingerprint density at radius 1 is 1.15 bits per heavy atom. The maximum Gasteiger partial charge on any atom is 0.336 e. The molecule has 1 amide bonds. The van der Waals surface area contributed by atoms with Crippen molar-refractivity contribution in [1.82, 2.24) is 5.32 Å². The third kappa shape index (κ3) is 4.05. The van der Waals surface area contributed by atoms with Crippen LogP contribution in [0.2, 0.25) is 0 Å². The first-order chi connectivity index (χ1) is 12.4. The summed E-state index contributed by atoms with van der Waals surface area (Å²) in [6.45, 7) is 1.27. The molecule has 3 rings (SSSR count). The van der Waals surface area contributed by atoms with E-state index in [0.717, 1.165) is 17.5 Å². The van der Waals surface area contributed by atoms with E-state index in [0.29, 0.717) is 11.3 Å². The molecule has 0 fully saturated rings. The molecule has 0 unspecified atom stereocenters. The molecule has 7 heteroatoms. The van der Waals surface area contributed by atoms with E-state index >= 15 is 0 Å². The first kappa shape index (κ1) is 17.6. The molecule has 0 aliphatic rings. The molecule has 1 N–H and O–H groups in total. The molecule has 1 atom stereocenters. The summed E-state index contributed by atoms with van der Waals surface area (Å²) in [5.74, 6) is -1.54. The van der Waals surface area contributed by atoms with Gasteiger partial charge in [0.25, 0.3) is 5.91 Å². The van der Waals surface area contributed by atoms with Crippen LogP contribution in [0.3, 0.4) is 0 Å². The molecule has 0 aliphatic carbocycles. The van der Waals surface area contributed by atoms with E-state index in [9.17, 15) is 18.4 Å². The van der Waals surface area contributed by atoms with Crippen LogP contribution in [-0.2, 0) is 4.79 Å². The summed E-state index contributed by atoms with van der Waals surface area (Å²) in [6.07, 6.45) is 0. The monoisotopic (exact) mass is 359 g/mol. The zero-order valence-corrected chi connectivity index (χ0v) is 13.8. The minimum Gasteiger partial charge on any atom is -0.484 e. The summed E-state index contributed by atoms with van der Waals surface area (Å²) < 4.78 is 37.1. The Kier molecular flexibility index (Phi) is 4.97. The summed E-state index contributed by atoms with van der Waals surface area (Å²) in [5, 5.41) is 3.30. The van der Waals surface area contributed by atoms with Gasteiger partial charge in [-0.3, -0.25) is 4.79 Å². The molecule has 134 valence electrons. The van der Waals surface area contributed by atoms with Crippen LogP contribution >= 0.6 is 0 Å². The number of fused-ring (bicyclic) bond motifs is 1. The van der Waals surface area contributed by atoms with Crippen molar-refractivity contribution in [2.24, 2.45) is 0 Å². The maximum atomic E-state index is 13.7. The van der Waals surface area contributed by atoms with E-state index < -0.39 is 29.2 Å². The van der Waals surface area contributed by atoms with Crippen LogP contribution in [0.25, 0.3) is 11.0 Å². The summed E-state index contributed by atoms with van der Waals surface area (Å²) in [7, 11) is 0. The second-order valence-corrected chi connectivity index (χ2v) is 5.70. The molecule has 1 aromatic heterocycles. The topological polar surface area (TPSA) is 68.5 Å². The highest BCUT2D eigenvalue weighted by molar-refractivity contribution is 5.79. The van der Waals surface area contributed by atoms with Gasteiger partial charge in [0.15, 0.2) is 6.61 Å². The SMILES string of the molecule is C[C@H](NC(=O)COc1ccc2ccc(=O)oc2c1)c1ccc(F)cc1F. The number of hydrogen-bond donors (Lipinski definition) is 1. The molecule has 0 aliphatic heterocycles. The molecule has 3 aromatic rings. The Bertz CT molecular complexity index is 1020. The lowest BCUT2D eigenvalue weighted by Gasteiger charge is -2.15. The molecule has 0 radical (unpaired) electrons. The van der Waals surface area contributed by atoms with Crippen LogP contribution < -0.4 is 15.7 Å². The van der Waals surface area contributed by atoms with Crippen LogP contribution in [0.4, 0.5) is 8.78 Å². The number of hydrogen-bond acceptors (Lipinski definition) is 4. The lowest BCUT2D eigenvalue weighted by atomic mass is 10.1. The highest BCUT2D eigenvalue weighted by atomic mass is 19.1. The number of carbonyl (C=O) groups excluding carboxylic acids is 1. The molecule has 0 saturated carbocycles. The van der Waals surface area contributed by atoms with Gasteiger partial charge in [0.05, 0.1) is 6.04 Å². The van der Waals surface area contributed by atoms with Crippen LogP contribution in [0.1, 0.15) is 18.5 Å². The minimum absolute atomic E-state index is 0.173. The van der Waals surface area contributed by atoms with E-state index in [1.165, 1.54) is 18.2 Å². The van der Waals surface area contributed by atoms with Crippen molar-refractivity contribution in [3.05, 3.63) is 76.1 Å². The van der Waals surface area contributed by atoms with E-state index in [-0.39, 0.29) is 12.2 Å². The lowest BCUT2D eigenvalue weighted by molar-refractivity contribution is -0.123. The fraction of sp³-hybridized carbons (Fsp3) is 0.158. The molecular weight excluding hydrogens is 344 g/mol. The normalized spacial score (nSPS) is 12.0. The zero-order valence-electron chi connectivity index (χ0n) is 13.8. The van der Waals surface area contributed by atoms with Gasteiger partial charge < -0.3 is 14.5 Å². The smallest absolute Gasteiger partial charge is 0.336 e. The minimum atomic E-state index is -0.733. The van der Waals surface area contributed by atoms with Crippen molar-refractivity contribution in [3.8, 4) is 5.75 Å². The average molecular weight is 359 g/mol. The number of carbonyl (C=O) groups is 1. The Morgan fingerprint density at radius 2 is 1.92 bits per heavy atom. The van der Waals surface area contributed by atoms with E-state index in [2.05, 4.69) is 5.32 Å². The van der Waals surface area contributed by atoms with Gasteiger partial charge in [-0.15, -0.1) is 0 Å². The molecule has 26 heavy (non-hydrogen) atoms. The van der Waals surface area contributed by atoms with Gasteiger partial charge in [-0.1, -0.05) is 6.07 Å². The fourth-order valence-electron chi connectivity index (χ4n) is 2.49. The molecule has 5 nitrogen and oxygen atoms in total. The van der Waals surface area contributed by atoms with E-state index in [1.54, 1.807) is 25.1 Å². The third-order valence-corrected chi connectivity index (χ3v) is 3.77. The predicted molar refractivity (Wildman–Crippen MR) is 90.9 cm³/mol. The third-order valence-electron chi connectivity index (χ3n) is 3.77. The molecule has 0 saturated heterocycles. The number of benzene rings is 2. The van der Waals surface area contributed by atoms with Crippen LogP contribution in [0.15, 0.2) is 57.7 Å². The summed E-state index contributed by atoms with van der Waals surface area (Å²) in [6, 6.07) is 10.3. The Hall–Kier alpha value is -3.22. The zero-order chi connectivity index (χ0) is 18.7. The largest absolute Gasteiger partial charge is 0.484 e. The van der Waals surface area contributed by atoms with Gasteiger partial charge in [-0.05, 0) is 31.2 Å². The van der Waals surface area contributed by atoms with Gasteiger partial charge >= 0.3 is 5.63 Å². The van der Waals surface area contributed by atoms with Gasteiger partial charge in [-0.2, -0.15) is 0 Å². The van der Waals surface area contributed by atoms with Gasteiger partial charge in [-0.25, -0.2) is 13.6 Å². The summed E-state index contributed by atoms with van der Waals surface area (Å²) in [5.41, 5.74) is 0.0342. The second kappa shape index (κ2) is 7.35. The molecular formula is C19H15F2NO4. The number of nitrogens with one attached hydrogen (secondary N) is 1. The van der Waals surface area contributed by atoms with Gasteiger partial charge in [0.1, 0.15) is 23.0 Å².